The Morgan fingerprint density at radius 2 is 1.74 bits per heavy atom. The fourth-order valence-corrected chi connectivity index (χ4v) is 10.0. The lowest BCUT2D eigenvalue weighted by atomic mass is 9.44. The highest BCUT2D eigenvalue weighted by molar-refractivity contribution is 5.83. The van der Waals surface area contributed by atoms with Crippen LogP contribution in [0.5, 0.6) is 0 Å². The van der Waals surface area contributed by atoms with E-state index in [0.29, 0.717) is 53.8 Å². The van der Waals surface area contributed by atoms with E-state index in [1.54, 1.807) is 0 Å². The minimum absolute atomic E-state index is 0.0823. The van der Waals surface area contributed by atoms with Crippen LogP contribution in [0.4, 0.5) is 0 Å². The first-order valence-electron chi connectivity index (χ1n) is 13.2. The van der Waals surface area contributed by atoms with Crippen molar-refractivity contribution >= 4 is 5.78 Å². The minimum Gasteiger partial charge on any atom is -0.393 e. The van der Waals surface area contributed by atoms with E-state index < -0.39 is 0 Å². The van der Waals surface area contributed by atoms with Gasteiger partial charge in [-0.2, -0.15) is 0 Å². The first kappa shape index (κ1) is 21.1. The quantitative estimate of drug-likeness (QED) is 0.589. The lowest BCUT2D eigenvalue weighted by Gasteiger charge is -2.60. The molecule has 2 aliphatic heterocycles. The molecule has 1 N–H and O–H groups in total. The Bertz CT molecular complexity index is 756. The van der Waals surface area contributed by atoms with Crippen molar-refractivity contribution in [2.24, 2.45) is 52.3 Å². The lowest BCUT2D eigenvalue weighted by Crippen LogP contribution is -2.57. The molecule has 1 spiro atoms. The summed E-state index contributed by atoms with van der Waals surface area (Å²) in [6.45, 7) is 10.4. The summed E-state index contributed by atoms with van der Waals surface area (Å²) in [6, 6.07) is 0. The SMILES string of the molecule is CC1CC[C@@]2(OC1)OC1CC3C4CC(=O)C5CC(O)CC[C@]5(C)C4CC[C@]3(C)C1C2C. The van der Waals surface area contributed by atoms with Gasteiger partial charge in [0.1, 0.15) is 5.78 Å². The van der Waals surface area contributed by atoms with E-state index in [9.17, 15) is 9.90 Å². The maximum Gasteiger partial charge on any atom is 0.171 e. The number of ether oxygens (including phenoxy) is 2. The Labute approximate surface area is 187 Å². The largest absolute Gasteiger partial charge is 0.393 e. The number of Topliss-reactive ketones (excluding diaryl/α,β-unsaturated/α-hetero) is 1. The van der Waals surface area contributed by atoms with Gasteiger partial charge in [-0.05, 0) is 85.4 Å². The van der Waals surface area contributed by atoms with Crippen molar-refractivity contribution in [3.05, 3.63) is 0 Å². The van der Waals surface area contributed by atoms with Gasteiger partial charge in [-0.15, -0.1) is 0 Å². The summed E-state index contributed by atoms with van der Waals surface area (Å²) in [4.78, 5) is 13.3. The maximum absolute atomic E-state index is 13.3. The Balaban J connectivity index is 1.28. The van der Waals surface area contributed by atoms with Crippen LogP contribution < -0.4 is 0 Å². The third-order valence-electron chi connectivity index (χ3n) is 11.7. The standard InChI is InChI=1S/C27H42O4/c1-15-5-10-27(30-14-15)16(2)24-23(31-27)13-20-18-12-22(29)21-11-17(28)6-8-25(21,3)19(18)7-9-26(20,24)4/h15-21,23-24,28H,5-14H2,1-4H3/t15?,16?,17?,18?,19?,20?,21?,23?,24?,25-,26+,27-/m1/s1. The van der Waals surface area contributed by atoms with Crippen LogP contribution in [-0.4, -0.2) is 35.5 Å². The molecule has 4 heteroatoms. The van der Waals surface area contributed by atoms with Crippen LogP contribution in [0.2, 0.25) is 0 Å². The van der Waals surface area contributed by atoms with Gasteiger partial charge < -0.3 is 14.6 Å². The maximum atomic E-state index is 13.3. The van der Waals surface area contributed by atoms with Crippen LogP contribution in [0.1, 0.15) is 85.5 Å². The van der Waals surface area contributed by atoms with Gasteiger partial charge in [0.25, 0.3) is 0 Å². The molecule has 6 fully saturated rings. The molecule has 2 saturated heterocycles. The zero-order valence-electron chi connectivity index (χ0n) is 19.9. The molecule has 0 bridgehead atoms. The molecule has 0 aromatic carbocycles. The molecule has 0 aromatic heterocycles. The summed E-state index contributed by atoms with van der Waals surface area (Å²) < 4.78 is 13.3. The number of aliphatic hydroxyl groups excluding tert-OH is 1. The van der Waals surface area contributed by atoms with Crippen molar-refractivity contribution in [1.29, 1.82) is 0 Å². The van der Waals surface area contributed by atoms with Gasteiger partial charge in [0.05, 0.1) is 18.8 Å². The second-order valence-corrected chi connectivity index (χ2v) is 13.1. The van der Waals surface area contributed by atoms with E-state index in [0.717, 1.165) is 38.7 Å². The molecule has 0 radical (unpaired) electrons. The Hall–Kier alpha value is -0.450. The molecule has 4 aliphatic carbocycles. The molecule has 12 atom stereocenters. The van der Waals surface area contributed by atoms with Crippen molar-refractivity contribution in [3.63, 3.8) is 0 Å². The molecule has 6 rings (SSSR count). The highest BCUT2D eigenvalue weighted by atomic mass is 16.7. The van der Waals surface area contributed by atoms with Gasteiger partial charge in [0.2, 0.25) is 0 Å². The third-order valence-corrected chi connectivity index (χ3v) is 11.7. The molecule has 9 unspecified atom stereocenters. The average Bonchev–Trinajstić information content (AvgIpc) is 3.17. The number of hydrogen-bond acceptors (Lipinski definition) is 4. The van der Waals surface area contributed by atoms with Gasteiger partial charge in [-0.1, -0.05) is 27.7 Å². The van der Waals surface area contributed by atoms with E-state index in [4.69, 9.17) is 9.47 Å². The zero-order chi connectivity index (χ0) is 21.8. The molecule has 174 valence electrons. The first-order chi connectivity index (χ1) is 14.7. The van der Waals surface area contributed by atoms with E-state index in [1.165, 1.54) is 19.3 Å². The van der Waals surface area contributed by atoms with E-state index in [2.05, 4.69) is 27.7 Å². The van der Waals surface area contributed by atoms with Crippen LogP contribution in [0.3, 0.4) is 0 Å². The molecule has 6 aliphatic rings. The van der Waals surface area contributed by atoms with Gasteiger partial charge in [0, 0.05) is 24.7 Å². The normalized spacial score (nSPS) is 60.9. The van der Waals surface area contributed by atoms with Crippen molar-refractivity contribution in [2.75, 3.05) is 6.61 Å². The number of carbonyl (C=O) groups excluding carboxylic acids is 1. The summed E-state index contributed by atoms with van der Waals surface area (Å²) in [6.07, 6.45) is 9.21. The van der Waals surface area contributed by atoms with E-state index in [-0.39, 0.29) is 28.6 Å². The van der Waals surface area contributed by atoms with Gasteiger partial charge in [0.15, 0.2) is 5.79 Å². The molecular formula is C27H42O4. The van der Waals surface area contributed by atoms with E-state index in [1.807, 2.05) is 0 Å². The first-order valence-corrected chi connectivity index (χ1v) is 13.2. The second-order valence-electron chi connectivity index (χ2n) is 13.1. The number of fused-ring (bicyclic) bond motifs is 7. The summed E-state index contributed by atoms with van der Waals surface area (Å²) >= 11 is 0. The summed E-state index contributed by atoms with van der Waals surface area (Å²) in [5, 5.41) is 10.3. The fourth-order valence-electron chi connectivity index (χ4n) is 10.0. The fraction of sp³-hybridized carbons (Fsp3) is 0.963. The van der Waals surface area contributed by atoms with Crippen LogP contribution >= 0.6 is 0 Å². The highest BCUT2D eigenvalue weighted by Crippen LogP contribution is 2.71. The zero-order valence-corrected chi connectivity index (χ0v) is 19.9. The number of rotatable bonds is 0. The smallest absolute Gasteiger partial charge is 0.171 e. The lowest BCUT2D eigenvalue weighted by molar-refractivity contribution is -0.273. The van der Waals surface area contributed by atoms with E-state index >= 15 is 0 Å². The second kappa shape index (κ2) is 6.79. The minimum atomic E-state index is -0.356. The van der Waals surface area contributed by atoms with Crippen molar-refractivity contribution in [2.45, 2.75) is 103 Å². The molecule has 2 heterocycles. The number of aliphatic hydroxyl groups is 1. The van der Waals surface area contributed by atoms with Gasteiger partial charge >= 0.3 is 0 Å². The number of carbonyl (C=O) groups is 1. The van der Waals surface area contributed by atoms with Crippen molar-refractivity contribution in [3.8, 4) is 0 Å². The Morgan fingerprint density at radius 3 is 2.48 bits per heavy atom. The Morgan fingerprint density at radius 1 is 0.968 bits per heavy atom. The number of ketones is 1. The van der Waals surface area contributed by atoms with Crippen LogP contribution in [0, 0.1) is 52.3 Å². The average molecular weight is 431 g/mol. The highest BCUT2D eigenvalue weighted by Gasteiger charge is 2.69. The molecule has 0 amide bonds. The van der Waals surface area contributed by atoms with Gasteiger partial charge in [-0.3, -0.25) is 4.79 Å². The van der Waals surface area contributed by atoms with Crippen molar-refractivity contribution in [1.82, 2.24) is 0 Å². The molecule has 4 nitrogen and oxygen atoms in total. The summed E-state index contributed by atoms with van der Waals surface area (Å²) in [7, 11) is 0. The monoisotopic (exact) mass is 430 g/mol. The molecular weight excluding hydrogens is 388 g/mol. The summed E-state index contributed by atoms with van der Waals surface area (Å²) in [5.41, 5.74) is 0.355. The van der Waals surface area contributed by atoms with Crippen LogP contribution in [-0.2, 0) is 14.3 Å². The van der Waals surface area contributed by atoms with Crippen LogP contribution in [0.25, 0.3) is 0 Å². The molecule has 0 aromatic rings. The van der Waals surface area contributed by atoms with Crippen LogP contribution in [0.15, 0.2) is 0 Å². The molecule has 4 saturated carbocycles. The molecule has 31 heavy (non-hydrogen) atoms. The predicted molar refractivity (Wildman–Crippen MR) is 118 cm³/mol. The summed E-state index contributed by atoms with van der Waals surface area (Å²) in [5.74, 6) is 3.53. The predicted octanol–water partition coefficient (Wildman–Crippen LogP) is 4.97. The Kier molecular flexibility index (Phi) is 4.62. The van der Waals surface area contributed by atoms with Gasteiger partial charge in [-0.25, -0.2) is 0 Å². The number of hydrogen-bond donors (Lipinski definition) is 1. The topological polar surface area (TPSA) is 55.8 Å². The third kappa shape index (κ3) is 2.74. The van der Waals surface area contributed by atoms with Crippen molar-refractivity contribution < 1.29 is 19.4 Å².